The van der Waals surface area contributed by atoms with Crippen LogP contribution in [0.3, 0.4) is 0 Å². The molecule has 200 valence electrons. The number of aliphatic imine (C=N–C) groups is 1. The van der Waals surface area contributed by atoms with Crippen molar-refractivity contribution in [1.82, 2.24) is 25.3 Å². The number of nitrogens with two attached hydrogens (primary N) is 1. The number of nitrogens with zero attached hydrogens (tertiary/aromatic N) is 5. The predicted molar refractivity (Wildman–Crippen MR) is 150 cm³/mol. The number of nitrogens with one attached hydrogen (secondary N) is 2. The van der Waals surface area contributed by atoms with Gasteiger partial charge >= 0.3 is 0 Å². The van der Waals surface area contributed by atoms with Crippen LogP contribution in [0.2, 0.25) is 0 Å². The summed E-state index contributed by atoms with van der Waals surface area (Å²) in [6.07, 6.45) is 8.76. The van der Waals surface area contributed by atoms with Crippen LogP contribution in [0, 0.1) is 11.8 Å². The van der Waals surface area contributed by atoms with Gasteiger partial charge in [0.2, 0.25) is 0 Å². The number of hydrazine groups is 2. The Labute approximate surface area is 228 Å². The van der Waals surface area contributed by atoms with Crippen molar-refractivity contribution in [3.05, 3.63) is 76.9 Å². The lowest BCUT2D eigenvalue weighted by Crippen LogP contribution is -2.51. The number of aromatic nitrogens is 1. The SMILES string of the molecule is CC#CC(=O)N1CCC[C@@H](N2NC(c3ccc(C(=O)Nc4cc(CCC)ccn4)cc3)=C3C2=CN=CN3N)C1. The van der Waals surface area contributed by atoms with E-state index in [9.17, 15) is 9.59 Å². The van der Waals surface area contributed by atoms with Gasteiger partial charge in [-0.25, -0.2) is 15.8 Å². The first-order valence-corrected chi connectivity index (χ1v) is 13.1. The van der Waals surface area contributed by atoms with Crippen LogP contribution in [0.5, 0.6) is 0 Å². The Morgan fingerprint density at radius 1 is 1.23 bits per heavy atom. The van der Waals surface area contributed by atoms with Gasteiger partial charge < -0.3 is 10.2 Å². The molecule has 0 spiro atoms. The Kier molecular flexibility index (Phi) is 7.61. The van der Waals surface area contributed by atoms with Crippen LogP contribution in [-0.4, -0.2) is 57.2 Å². The lowest BCUT2D eigenvalue weighted by atomic mass is 10.0. The summed E-state index contributed by atoms with van der Waals surface area (Å²) in [4.78, 5) is 35.7. The van der Waals surface area contributed by atoms with Gasteiger partial charge in [0, 0.05) is 30.4 Å². The van der Waals surface area contributed by atoms with Crippen LogP contribution in [-0.2, 0) is 11.2 Å². The van der Waals surface area contributed by atoms with Gasteiger partial charge in [-0.3, -0.25) is 25.0 Å². The van der Waals surface area contributed by atoms with Crippen molar-refractivity contribution in [3.63, 3.8) is 0 Å². The van der Waals surface area contributed by atoms with Crippen molar-refractivity contribution in [3.8, 4) is 11.8 Å². The first kappa shape index (κ1) is 26.0. The summed E-state index contributed by atoms with van der Waals surface area (Å²) in [5.74, 6) is 11.8. The summed E-state index contributed by atoms with van der Waals surface area (Å²) < 4.78 is 0. The zero-order valence-corrected chi connectivity index (χ0v) is 22.1. The number of hydrogen-bond acceptors (Lipinski definition) is 8. The number of piperidine rings is 1. The highest BCUT2D eigenvalue weighted by atomic mass is 16.2. The molecule has 2 aromatic rings. The average molecular weight is 525 g/mol. The van der Waals surface area contributed by atoms with E-state index >= 15 is 0 Å². The third-order valence-corrected chi connectivity index (χ3v) is 6.94. The van der Waals surface area contributed by atoms with E-state index in [0.717, 1.165) is 53.9 Å². The maximum Gasteiger partial charge on any atom is 0.298 e. The van der Waals surface area contributed by atoms with Gasteiger partial charge in [-0.2, -0.15) is 0 Å². The number of benzene rings is 1. The van der Waals surface area contributed by atoms with Crippen LogP contribution in [0.25, 0.3) is 5.70 Å². The lowest BCUT2D eigenvalue weighted by Gasteiger charge is -2.39. The number of carbonyl (C=O) groups excluding carboxylic acids is 2. The molecule has 4 N–H and O–H groups in total. The van der Waals surface area contributed by atoms with E-state index in [1.54, 1.807) is 42.7 Å². The number of pyridine rings is 1. The van der Waals surface area contributed by atoms with E-state index in [-0.39, 0.29) is 17.9 Å². The molecule has 1 fully saturated rings. The summed E-state index contributed by atoms with van der Waals surface area (Å²) in [6.45, 7) is 5.01. The third kappa shape index (κ3) is 5.49. The molecule has 0 unspecified atom stereocenters. The number of carbonyl (C=O) groups is 2. The number of hydrogen-bond donors (Lipinski definition) is 3. The molecule has 0 radical (unpaired) electrons. The second kappa shape index (κ2) is 11.4. The largest absolute Gasteiger partial charge is 0.330 e. The van der Waals surface area contributed by atoms with E-state index in [0.29, 0.717) is 24.5 Å². The van der Waals surface area contributed by atoms with Crippen LogP contribution < -0.4 is 16.6 Å². The molecule has 1 aromatic heterocycles. The summed E-state index contributed by atoms with van der Waals surface area (Å²) in [6, 6.07) is 11.2. The Hall–Kier alpha value is -4.62. The number of rotatable bonds is 6. The second-order valence-corrected chi connectivity index (χ2v) is 9.64. The molecule has 3 aliphatic rings. The summed E-state index contributed by atoms with van der Waals surface area (Å²) in [5, 5.41) is 6.41. The summed E-state index contributed by atoms with van der Waals surface area (Å²) in [7, 11) is 0. The molecule has 0 saturated carbocycles. The molecule has 1 atom stereocenters. The molecule has 39 heavy (non-hydrogen) atoms. The van der Waals surface area contributed by atoms with Gasteiger partial charge in [-0.15, -0.1) is 0 Å². The van der Waals surface area contributed by atoms with E-state index < -0.39 is 0 Å². The fourth-order valence-corrected chi connectivity index (χ4v) is 5.08. The molecule has 4 heterocycles. The zero-order valence-electron chi connectivity index (χ0n) is 22.1. The Bertz CT molecular complexity index is 1420. The quantitative estimate of drug-likeness (QED) is 0.393. The van der Waals surface area contributed by atoms with Crippen molar-refractivity contribution in [2.75, 3.05) is 18.4 Å². The second-order valence-electron chi connectivity index (χ2n) is 9.64. The lowest BCUT2D eigenvalue weighted by molar-refractivity contribution is -0.127. The Morgan fingerprint density at radius 2 is 2.05 bits per heavy atom. The Morgan fingerprint density at radius 3 is 2.82 bits per heavy atom. The van der Waals surface area contributed by atoms with E-state index in [1.165, 1.54) is 5.01 Å². The van der Waals surface area contributed by atoms with Gasteiger partial charge in [0.25, 0.3) is 11.8 Å². The van der Waals surface area contributed by atoms with Crippen molar-refractivity contribution >= 4 is 29.7 Å². The molecular formula is C29H32N8O2. The van der Waals surface area contributed by atoms with E-state index in [2.05, 4.69) is 39.5 Å². The van der Waals surface area contributed by atoms with Gasteiger partial charge in [0.1, 0.15) is 23.6 Å². The summed E-state index contributed by atoms with van der Waals surface area (Å²) in [5.41, 5.74) is 8.43. The van der Waals surface area contributed by atoms with Crippen LogP contribution in [0.15, 0.2) is 65.2 Å². The highest BCUT2D eigenvalue weighted by Gasteiger charge is 2.38. The third-order valence-electron chi connectivity index (χ3n) is 6.94. The van der Waals surface area contributed by atoms with E-state index in [4.69, 9.17) is 5.84 Å². The topological polar surface area (TPSA) is 119 Å². The summed E-state index contributed by atoms with van der Waals surface area (Å²) >= 11 is 0. The fraction of sp³-hybridized carbons (Fsp3) is 0.310. The normalized spacial score (nSPS) is 18.2. The molecule has 10 heteroatoms. The number of aryl methyl sites for hydroxylation is 1. The number of likely N-dealkylation sites (tertiary alicyclic amines) is 1. The molecule has 2 amide bonds. The molecule has 0 bridgehead atoms. The van der Waals surface area contributed by atoms with Crippen molar-refractivity contribution in [2.24, 2.45) is 10.8 Å². The average Bonchev–Trinajstić information content (AvgIpc) is 3.35. The fourth-order valence-electron chi connectivity index (χ4n) is 5.08. The Balaban J connectivity index is 1.35. The standard InChI is InChI=1S/C29H32N8O2/c1-3-6-20-13-14-32-25(16-20)33-29(39)22-11-9-21(10-12-22)27-28-24(17-31-19-36(28)30)37(34-27)23-8-5-15-35(18-23)26(38)7-4-2/h9-14,16-17,19,23,34H,3,5-6,8,15,18,30H2,1-2H3,(H,32,33,39)/t23-/m1/s1. The van der Waals surface area contributed by atoms with E-state index in [1.807, 2.05) is 29.3 Å². The van der Waals surface area contributed by atoms with Gasteiger partial charge in [0.05, 0.1) is 17.9 Å². The molecule has 3 aliphatic heterocycles. The van der Waals surface area contributed by atoms with Gasteiger partial charge in [-0.05, 0) is 61.9 Å². The number of amides is 2. The maximum absolute atomic E-state index is 12.9. The van der Waals surface area contributed by atoms with Crippen LogP contribution in [0.1, 0.15) is 54.6 Å². The van der Waals surface area contributed by atoms with Crippen molar-refractivity contribution < 1.29 is 9.59 Å². The molecule has 5 rings (SSSR count). The highest BCUT2D eigenvalue weighted by molar-refractivity contribution is 6.04. The molecule has 10 nitrogen and oxygen atoms in total. The first-order valence-electron chi connectivity index (χ1n) is 13.1. The predicted octanol–water partition coefficient (Wildman–Crippen LogP) is 2.85. The first-order chi connectivity index (χ1) is 19.0. The van der Waals surface area contributed by atoms with Crippen molar-refractivity contribution in [1.29, 1.82) is 0 Å². The minimum Gasteiger partial charge on any atom is -0.330 e. The highest BCUT2D eigenvalue weighted by Crippen LogP contribution is 2.36. The minimum absolute atomic E-state index is 0.0165. The molecule has 1 saturated heterocycles. The smallest absolute Gasteiger partial charge is 0.298 e. The molecule has 1 aromatic carbocycles. The molecule has 0 aliphatic carbocycles. The van der Waals surface area contributed by atoms with Gasteiger partial charge in [-0.1, -0.05) is 31.4 Å². The zero-order chi connectivity index (χ0) is 27.4. The monoisotopic (exact) mass is 524 g/mol. The number of fused-ring (bicyclic) bond motifs is 1. The van der Waals surface area contributed by atoms with Crippen LogP contribution >= 0.6 is 0 Å². The molecular weight excluding hydrogens is 492 g/mol. The maximum atomic E-state index is 12.9. The number of anilines is 1. The van der Waals surface area contributed by atoms with Crippen molar-refractivity contribution in [2.45, 2.75) is 45.6 Å². The van der Waals surface area contributed by atoms with Crippen LogP contribution in [0.4, 0.5) is 5.82 Å². The van der Waals surface area contributed by atoms with Gasteiger partial charge in [0.15, 0.2) is 0 Å². The minimum atomic E-state index is -0.227.